The highest BCUT2D eigenvalue weighted by molar-refractivity contribution is 6.29. The lowest BCUT2D eigenvalue weighted by Gasteiger charge is -2.22. The molecule has 6 aromatic rings. The molecule has 15 heteroatoms. The largest absolute Gasteiger partial charge is 0.268 e. The van der Waals surface area contributed by atoms with Crippen molar-refractivity contribution in [2.75, 3.05) is 14.7 Å². The van der Waals surface area contributed by atoms with Crippen molar-refractivity contribution in [1.82, 2.24) is 29.9 Å². The standard InChI is InChI=1S/C36H21N9O6/c46-28-22-7-1-8-23(19-22)29(47)44(35-39-15-5-16-40-35)31(49)25-10-3-12-27(21-25)33(51)45(36-41-17-6-18-42-36)32(50)26-11-2-9-24(20-26)30(48)43(28)34-37-13-4-14-38-34/h1-21H. The van der Waals surface area contributed by atoms with Crippen LogP contribution in [0.2, 0.25) is 0 Å². The molecule has 6 bridgehead atoms. The van der Waals surface area contributed by atoms with Crippen LogP contribution in [0.15, 0.2) is 128 Å². The Kier molecular flexibility index (Phi) is 8.41. The number of benzene rings is 3. The van der Waals surface area contributed by atoms with E-state index in [9.17, 15) is 28.8 Å². The number of aromatic nitrogens is 6. The predicted octanol–water partition coefficient (Wildman–Crippen LogP) is 3.83. The summed E-state index contributed by atoms with van der Waals surface area (Å²) in [7, 11) is 0. The molecule has 15 nitrogen and oxygen atoms in total. The molecule has 0 fully saturated rings. The molecule has 1 aliphatic heterocycles. The fraction of sp³-hybridized carbons (Fsp3) is 0. The van der Waals surface area contributed by atoms with Crippen LogP contribution in [0.5, 0.6) is 0 Å². The van der Waals surface area contributed by atoms with Crippen LogP contribution in [-0.2, 0) is 0 Å². The van der Waals surface area contributed by atoms with Crippen LogP contribution in [0.4, 0.5) is 17.8 Å². The Hall–Kier alpha value is -7.68. The van der Waals surface area contributed by atoms with Crippen LogP contribution in [-0.4, -0.2) is 65.3 Å². The molecule has 0 unspecified atom stereocenters. The number of imide groups is 3. The Labute approximate surface area is 287 Å². The molecule has 1 aliphatic rings. The van der Waals surface area contributed by atoms with Gasteiger partial charge in [0.15, 0.2) is 0 Å². The molecule has 0 atom stereocenters. The van der Waals surface area contributed by atoms with Crippen LogP contribution in [0.25, 0.3) is 0 Å². The smallest absolute Gasteiger partial charge is 0.267 e. The zero-order valence-electron chi connectivity index (χ0n) is 26.1. The summed E-state index contributed by atoms with van der Waals surface area (Å²) in [6.45, 7) is 0. The number of rotatable bonds is 3. The summed E-state index contributed by atoms with van der Waals surface area (Å²) in [5.74, 6) is -6.41. The van der Waals surface area contributed by atoms with Crippen LogP contribution in [0.3, 0.4) is 0 Å². The Morgan fingerprint density at radius 1 is 0.294 bits per heavy atom. The molecular formula is C36H21N9O6. The Balaban J connectivity index is 1.47. The van der Waals surface area contributed by atoms with Crippen molar-refractivity contribution >= 4 is 53.3 Å². The SMILES string of the molecule is O=C1c2cccc(c2)C(=O)N(c2ncccn2)C(=O)c2cccc(c2)C(=O)N(c2ncccn2)C(=O)c2cccc(c2)C(=O)N1c1ncccn1. The molecule has 0 spiro atoms. The average Bonchev–Trinajstić information content (AvgIpc) is 3.19. The second kappa shape index (κ2) is 13.4. The van der Waals surface area contributed by atoms with Crippen molar-refractivity contribution in [3.8, 4) is 0 Å². The van der Waals surface area contributed by atoms with E-state index in [1.54, 1.807) is 0 Å². The first-order valence-electron chi connectivity index (χ1n) is 15.1. The van der Waals surface area contributed by atoms with Crippen LogP contribution in [0, 0.1) is 0 Å². The van der Waals surface area contributed by atoms with Gasteiger partial charge in [0, 0.05) is 70.6 Å². The Bertz CT molecular complexity index is 2000. The maximum absolute atomic E-state index is 14.2. The highest BCUT2D eigenvalue weighted by Crippen LogP contribution is 2.24. The highest BCUT2D eigenvalue weighted by Gasteiger charge is 2.34. The maximum atomic E-state index is 14.2. The fourth-order valence-corrected chi connectivity index (χ4v) is 5.17. The summed E-state index contributed by atoms with van der Waals surface area (Å²) in [5, 5.41) is 0. The zero-order chi connectivity index (χ0) is 35.5. The number of amides is 6. The van der Waals surface area contributed by atoms with E-state index in [4.69, 9.17) is 0 Å². The summed E-state index contributed by atoms with van der Waals surface area (Å²) in [6, 6.07) is 20.5. The van der Waals surface area contributed by atoms with Crippen molar-refractivity contribution in [3.63, 3.8) is 0 Å². The molecule has 0 N–H and O–H groups in total. The summed E-state index contributed by atoms with van der Waals surface area (Å²) in [4.78, 5) is 112. The number of nitrogens with zero attached hydrogens (tertiary/aromatic N) is 9. The van der Waals surface area contributed by atoms with Crippen LogP contribution < -0.4 is 14.7 Å². The van der Waals surface area contributed by atoms with E-state index in [1.807, 2.05) is 0 Å². The van der Waals surface area contributed by atoms with Crippen molar-refractivity contribution < 1.29 is 28.8 Å². The molecule has 246 valence electrons. The Morgan fingerprint density at radius 3 is 0.686 bits per heavy atom. The minimum Gasteiger partial charge on any atom is -0.268 e. The Morgan fingerprint density at radius 2 is 0.490 bits per heavy atom. The molecule has 0 radical (unpaired) electrons. The molecule has 3 aromatic heterocycles. The number of hydrogen-bond acceptors (Lipinski definition) is 12. The normalized spacial score (nSPS) is 14.0. The summed E-state index contributed by atoms with van der Waals surface area (Å²) < 4.78 is 0. The van der Waals surface area contributed by atoms with Gasteiger partial charge in [-0.15, -0.1) is 0 Å². The van der Waals surface area contributed by atoms with Gasteiger partial charge in [-0.05, 0) is 72.8 Å². The van der Waals surface area contributed by atoms with Gasteiger partial charge in [0.2, 0.25) is 17.8 Å². The van der Waals surface area contributed by atoms with E-state index in [1.165, 1.54) is 128 Å². The minimum atomic E-state index is -0.922. The first-order chi connectivity index (χ1) is 24.8. The number of anilines is 3. The summed E-state index contributed by atoms with van der Waals surface area (Å²) >= 11 is 0. The van der Waals surface area contributed by atoms with E-state index in [-0.39, 0.29) is 51.2 Å². The van der Waals surface area contributed by atoms with Crippen molar-refractivity contribution in [2.45, 2.75) is 0 Å². The average molecular weight is 676 g/mol. The van der Waals surface area contributed by atoms with Crippen LogP contribution in [0.1, 0.15) is 62.1 Å². The van der Waals surface area contributed by atoms with E-state index >= 15 is 0 Å². The monoisotopic (exact) mass is 675 g/mol. The fourth-order valence-electron chi connectivity index (χ4n) is 5.17. The van der Waals surface area contributed by atoms with Crippen molar-refractivity contribution in [1.29, 1.82) is 0 Å². The molecule has 3 aromatic carbocycles. The lowest BCUT2D eigenvalue weighted by molar-refractivity contribution is 0.0883. The van der Waals surface area contributed by atoms with Gasteiger partial charge in [0.25, 0.3) is 35.4 Å². The third-order valence-electron chi connectivity index (χ3n) is 7.54. The van der Waals surface area contributed by atoms with Gasteiger partial charge in [-0.1, -0.05) is 18.2 Å². The summed E-state index contributed by atoms with van der Waals surface area (Å²) in [5.41, 5.74) is -0.770. The maximum Gasteiger partial charge on any atom is 0.267 e. The first-order valence-corrected chi connectivity index (χ1v) is 15.1. The number of fused-ring (bicyclic) bond motifs is 6. The van der Waals surface area contributed by atoms with Gasteiger partial charge in [-0.3, -0.25) is 28.8 Å². The van der Waals surface area contributed by atoms with Crippen molar-refractivity contribution in [2.24, 2.45) is 0 Å². The number of hydrogen-bond donors (Lipinski definition) is 0. The number of carbonyl (C=O) groups is 6. The topological polar surface area (TPSA) is 189 Å². The van der Waals surface area contributed by atoms with Crippen LogP contribution >= 0.6 is 0 Å². The second-order valence-electron chi connectivity index (χ2n) is 10.7. The molecule has 7 rings (SSSR count). The molecular weight excluding hydrogens is 654 g/mol. The summed E-state index contributed by atoms with van der Waals surface area (Å²) in [6.07, 6.45) is 7.97. The second-order valence-corrected chi connectivity index (χ2v) is 10.7. The lowest BCUT2D eigenvalue weighted by Crippen LogP contribution is -2.41. The molecule has 0 saturated heterocycles. The van der Waals surface area contributed by atoms with Gasteiger partial charge >= 0.3 is 0 Å². The zero-order valence-corrected chi connectivity index (χ0v) is 26.1. The lowest BCUT2D eigenvalue weighted by atomic mass is 10.0. The van der Waals surface area contributed by atoms with Gasteiger partial charge < -0.3 is 0 Å². The quantitative estimate of drug-likeness (QED) is 0.247. The molecule has 6 amide bonds. The third kappa shape index (κ3) is 6.09. The molecule has 4 heterocycles. The predicted molar refractivity (Wildman–Crippen MR) is 179 cm³/mol. The van der Waals surface area contributed by atoms with Gasteiger partial charge in [-0.2, -0.15) is 0 Å². The first kappa shape index (κ1) is 31.9. The van der Waals surface area contributed by atoms with Gasteiger partial charge in [-0.25, -0.2) is 44.6 Å². The third-order valence-corrected chi connectivity index (χ3v) is 7.54. The van der Waals surface area contributed by atoms with Gasteiger partial charge in [0.1, 0.15) is 0 Å². The molecule has 0 aliphatic carbocycles. The van der Waals surface area contributed by atoms with E-state index in [2.05, 4.69) is 29.9 Å². The van der Waals surface area contributed by atoms with Gasteiger partial charge in [0.05, 0.1) is 0 Å². The van der Waals surface area contributed by atoms with E-state index < -0.39 is 35.4 Å². The van der Waals surface area contributed by atoms with E-state index in [0.717, 1.165) is 0 Å². The molecule has 0 saturated carbocycles. The molecule has 51 heavy (non-hydrogen) atoms. The van der Waals surface area contributed by atoms with E-state index in [0.29, 0.717) is 14.7 Å². The minimum absolute atomic E-state index is 0.128. The number of carbonyl (C=O) groups excluding carboxylic acids is 6. The van der Waals surface area contributed by atoms with Crippen molar-refractivity contribution in [3.05, 3.63) is 162 Å². The highest BCUT2D eigenvalue weighted by atomic mass is 16.2.